The van der Waals surface area contributed by atoms with Crippen LogP contribution < -0.4 is 11.1 Å². The van der Waals surface area contributed by atoms with E-state index in [0.717, 1.165) is 17.0 Å². The summed E-state index contributed by atoms with van der Waals surface area (Å²) in [5.74, 6) is 0.810. The molecular formula is C19H24N8O2. The van der Waals surface area contributed by atoms with Gasteiger partial charge in [0.15, 0.2) is 5.65 Å². The second-order valence-electron chi connectivity index (χ2n) is 7.26. The Labute approximate surface area is 168 Å². The molecule has 2 atom stereocenters. The number of anilines is 2. The molecule has 0 bridgehead atoms. The molecule has 10 heteroatoms. The number of aliphatic hydroxyl groups excluding tert-OH is 1. The third-order valence-corrected chi connectivity index (χ3v) is 5.43. The van der Waals surface area contributed by atoms with Crippen LogP contribution in [-0.2, 0) is 11.2 Å². The maximum Gasteiger partial charge on any atom is 0.268 e. The lowest BCUT2D eigenvalue weighted by atomic mass is 10.1. The Bertz CT molecular complexity index is 1080. The van der Waals surface area contributed by atoms with Crippen LogP contribution in [0.2, 0.25) is 0 Å². The van der Waals surface area contributed by atoms with Crippen LogP contribution in [0.1, 0.15) is 23.0 Å². The maximum atomic E-state index is 9.46. The molecule has 1 aliphatic rings. The minimum absolute atomic E-state index is 0.0624. The van der Waals surface area contributed by atoms with Gasteiger partial charge in [0.2, 0.25) is 0 Å². The number of rotatable bonds is 6. The Hall–Kier alpha value is -3.16. The SMILES string of the molecule is [C-]#[N+]c1c(NCCc2ccn(C3COCC3CO)n2)nc2c(C)c(C)nn2c1N. The van der Waals surface area contributed by atoms with E-state index in [9.17, 15) is 5.11 Å². The van der Waals surface area contributed by atoms with Crippen molar-refractivity contribution in [2.75, 3.05) is 37.4 Å². The first-order valence-corrected chi connectivity index (χ1v) is 9.52. The number of nitrogens with one attached hydrogen (secondary N) is 1. The Morgan fingerprint density at radius 2 is 2.21 bits per heavy atom. The van der Waals surface area contributed by atoms with E-state index in [1.807, 2.05) is 30.8 Å². The van der Waals surface area contributed by atoms with Crippen LogP contribution in [0.3, 0.4) is 0 Å². The lowest BCUT2D eigenvalue weighted by Gasteiger charge is -2.15. The molecule has 0 spiro atoms. The Morgan fingerprint density at radius 1 is 1.38 bits per heavy atom. The molecule has 3 aromatic rings. The van der Waals surface area contributed by atoms with Gasteiger partial charge in [0, 0.05) is 30.6 Å². The zero-order valence-corrected chi connectivity index (χ0v) is 16.5. The number of nitrogens with zero attached hydrogens (tertiary/aromatic N) is 6. The summed E-state index contributed by atoms with van der Waals surface area (Å²) in [5, 5.41) is 21.7. The van der Waals surface area contributed by atoms with Gasteiger partial charge in [-0.1, -0.05) is 0 Å². The lowest BCUT2D eigenvalue weighted by molar-refractivity contribution is 0.160. The van der Waals surface area contributed by atoms with Gasteiger partial charge in [-0.15, -0.1) is 0 Å². The average Bonchev–Trinajstić information content (AvgIpc) is 3.43. The van der Waals surface area contributed by atoms with Crippen LogP contribution in [0.4, 0.5) is 17.3 Å². The average molecular weight is 396 g/mol. The molecule has 3 aromatic heterocycles. The molecule has 0 amide bonds. The smallest absolute Gasteiger partial charge is 0.268 e. The second-order valence-corrected chi connectivity index (χ2v) is 7.26. The van der Waals surface area contributed by atoms with Crippen molar-refractivity contribution in [3.63, 3.8) is 0 Å². The third-order valence-electron chi connectivity index (χ3n) is 5.43. The van der Waals surface area contributed by atoms with Crippen LogP contribution in [0.15, 0.2) is 12.3 Å². The monoisotopic (exact) mass is 396 g/mol. The number of hydrogen-bond donors (Lipinski definition) is 3. The highest BCUT2D eigenvalue weighted by molar-refractivity contribution is 5.80. The molecule has 0 saturated carbocycles. The molecule has 10 nitrogen and oxygen atoms in total. The van der Waals surface area contributed by atoms with Crippen LogP contribution in [0.25, 0.3) is 10.5 Å². The molecule has 152 valence electrons. The van der Waals surface area contributed by atoms with Gasteiger partial charge in [0.25, 0.3) is 5.69 Å². The summed E-state index contributed by atoms with van der Waals surface area (Å²) in [5.41, 5.74) is 9.75. The van der Waals surface area contributed by atoms with Gasteiger partial charge < -0.3 is 20.9 Å². The first-order valence-electron chi connectivity index (χ1n) is 9.52. The fourth-order valence-corrected chi connectivity index (χ4v) is 3.56. The standard InChI is InChI=1S/C19H24N8O2/c1-11-12(2)24-27-17(20)16(21-3)18(23-19(11)27)22-6-4-14-5-7-26(25-14)15-10-29-9-13(15)8-28/h5,7,13,15,28H,4,6,8-10,20H2,1-2H3,(H,22,23). The predicted octanol–water partition coefficient (Wildman–Crippen LogP) is 1.51. The molecule has 1 fully saturated rings. The van der Waals surface area contributed by atoms with E-state index < -0.39 is 0 Å². The minimum atomic E-state index is 0.0624. The van der Waals surface area contributed by atoms with Crippen molar-refractivity contribution in [2.24, 2.45) is 5.92 Å². The van der Waals surface area contributed by atoms with Gasteiger partial charge in [-0.3, -0.25) is 4.68 Å². The number of aliphatic hydroxyl groups is 1. The second kappa shape index (κ2) is 7.69. The van der Waals surface area contributed by atoms with Crippen molar-refractivity contribution >= 4 is 23.0 Å². The Balaban J connectivity index is 1.48. The fourth-order valence-electron chi connectivity index (χ4n) is 3.56. The number of nitrogen functional groups attached to an aromatic ring is 1. The number of aromatic nitrogens is 5. The first kappa shape index (κ1) is 19.2. The Kier molecular flexibility index (Phi) is 5.08. The molecular weight excluding hydrogens is 372 g/mol. The largest absolute Gasteiger partial charge is 0.396 e. The predicted molar refractivity (Wildman–Crippen MR) is 108 cm³/mol. The highest BCUT2D eigenvalue weighted by Crippen LogP contribution is 2.32. The number of fused-ring (bicyclic) bond motifs is 1. The summed E-state index contributed by atoms with van der Waals surface area (Å²) < 4.78 is 8.85. The highest BCUT2D eigenvalue weighted by Gasteiger charge is 2.29. The van der Waals surface area contributed by atoms with Gasteiger partial charge in [0.1, 0.15) is 11.6 Å². The summed E-state index contributed by atoms with van der Waals surface area (Å²) in [6.45, 7) is 13.1. The quantitative estimate of drug-likeness (QED) is 0.540. The third kappa shape index (κ3) is 3.39. The highest BCUT2D eigenvalue weighted by atomic mass is 16.5. The van der Waals surface area contributed by atoms with E-state index in [4.69, 9.17) is 17.0 Å². The van der Waals surface area contributed by atoms with Crippen molar-refractivity contribution in [1.29, 1.82) is 0 Å². The molecule has 1 aliphatic heterocycles. The normalized spacial score (nSPS) is 19.0. The minimum Gasteiger partial charge on any atom is -0.396 e. The van der Waals surface area contributed by atoms with E-state index in [1.54, 1.807) is 0 Å². The van der Waals surface area contributed by atoms with E-state index in [-0.39, 0.29) is 30.1 Å². The van der Waals surface area contributed by atoms with Gasteiger partial charge in [-0.25, -0.2) is 14.3 Å². The van der Waals surface area contributed by atoms with E-state index >= 15 is 0 Å². The summed E-state index contributed by atoms with van der Waals surface area (Å²) in [4.78, 5) is 8.11. The molecule has 1 saturated heterocycles. The molecule has 29 heavy (non-hydrogen) atoms. The molecule has 0 aromatic carbocycles. The molecule has 4 N–H and O–H groups in total. The van der Waals surface area contributed by atoms with E-state index in [0.29, 0.717) is 37.6 Å². The molecule has 2 unspecified atom stereocenters. The molecule has 4 rings (SSSR count). The zero-order valence-electron chi connectivity index (χ0n) is 16.5. The van der Waals surface area contributed by atoms with Gasteiger partial charge >= 0.3 is 0 Å². The van der Waals surface area contributed by atoms with Crippen molar-refractivity contribution in [3.05, 3.63) is 40.6 Å². The van der Waals surface area contributed by atoms with Crippen LogP contribution in [0, 0.1) is 26.3 Å². The van der Waals surface area contributed by atoms with E-state index in [1.165, 1.54) is 4.52 Å². The molecule has 0 aliphatic carbocycles. The Morgan fingerprint density at radius 3 is 2.97 bits per heavy atom. The van der Waals surface area contributed by atoms with Crippen molar-refractivity contribution in [2.45, 2.75) is 26.3 Å². The van der Waals surface area contributed by atoms with E-state index in [2.05, 4.69) is 25.3 Å². The van der Waals surface area contributed by atoms with Crippen molar-refractivity contribution in [3.8, 4) is 0 Å². The first-order chi connectivity index (χ1) is 14.0. The van der Waals surface area contributed by atoms with Crippen LogP contribution in [-0.4, -0.2) is 55.9 Å². The molecule has 0 radical (unpaired) electrons. The van der Waals surface area contributed by atoms with Gasteiger partial charge in [-0.2, -0.15) is 10.2 Å². The summed E-state index contributed by atoms with van der Waals surface area (Å²) in [7, 11) is 0. The fraction of sp³-hybridized carbons (Fsp3) is 0.474. The number of ether oxygens (including phenoxy) is 1. The summed E-state index contributed by atoms with van der Waals surface area (Å²) in [6, 6.07) is 2.02. The molecule has 4 heterocycles. The van der Waals surface area contributed by atoms with Crippen molar-refractivity contribution < 1.29 is 9.84 Å². The van der Waals surface area contributed by atoms with Gasteiger partial charge in [0.05, 0.1) is 43.8 Å². The number of hydrogen-bond acceptors (Lipinski definition) is 7. The zero-order chi connectivity index (χ0) is 20.5. The maximum absolute atomic E-state index is 9.46. The van der Waals surface area contributed by atoms with Gasteiger partial charge in [-0.05, 0) is 19.9 Å². The summed E-state index contributed by atoms with van der Waals surface area (Å²) >= 11 is 0. The van der Waals surface area contributed by atoms with Crippen LogP contribution >= 0.6 is 0 Å². The summed E-state index contributed by atoms with van der Waals surface area (Å²) in [6.07, 6.45) is 2.58. The number of aryl methyl sites for hydroxylation is 2. The number of nitrogens with two attached hydrogens (primary N) is 1. The lowest BCUT2D eigenvalue weighted by Crippen LogP contribution is -2.21. The van der Waals surface area contributed by atoms with Crippen LogP contribution in [0.5, 0.6) is 0 Å². The topological polar surface area (TPSA) is 120 Å². The van der Waals surface area contributed by atoms with Crippen molar-refractivity contribution in [1.82, 2.24) is 24.4 Å².